The van der Waals surface area contributed by atoms with E-state index in [1.165, 1.54) is 0 Å². The fourth-order valence-electron chi connectivity index (χ4n) is 2.87. The highest BCUT2D eigenvalue weighted by Crippen LogP contribution is 2.43. The van der Waals surface area contributed by atoms with Gasteiger partial charge in [0, 0.05) is 20.2 Å². The van der Waals surface area contributed by atoms with Gasteiger partial charge in [0.1, 0.15) is 11.9 Å². The van der Waals surface area contributed by atoms with E-state index in [-0.39, 0.29) is 18.1 Å². The van der Waals surface area contributed by atoms with Crippen molar-refractivity contribution in [2.75, 3.05) is 17.7 Å². The average Bonchev–Trinajstić information content (AvgIpc) is 2.74. The maximum Gasteiger partial charge on any atom is 0.412 e. The summed E-state index contributed by atoms with van der Waals surface area (Å²) in [6.07, 6.45) is -1.16. The zero-order chi connectivity index (χ0) is 23.0. The van der Waals surface area contributed by atoms with Crippen LogP contribution in [0.5, 0.6) is 5.75 Å². The van der Waals surface area contributed by atoms with Crippen molar-refractivity contribution in [3.8, 4) is 11.8 Å². The van der Waals surface area contributed by atoms with E-state index in [0.29, 0.717) is 23.2 Å². The molecule has 1 amide bonds. The Morgan fingerprint density at radius 3 is 2.55 bits per heavy atom. The number of carbonyl (C=O) groups excluding carboxylic acids is 2. The molecular formula is C22H23IN2O5S. The topological polar surface area (TPSA) is 109 Å². The van der Waals surface area contributed by atoms with Crippen molar-refractivity contribution in [1.82, 2.24) is 0 Å². The van der Waals surface area contributed by atoms with Gasteiger partial charge in [-0.2, -0.15) is 17.9 Å². The number of nitrogens with zero attached hydrogens (tertiary/aromatic N) is 1. The maximum absolute atomic E-state index is 12.6. The highest BCUT2D eigenvalue weighted by molar-refractivity contribution is 14.1. The molecule has 9 heteroatoms. The van der Waals surface area contributed by atoms with Gasteiger partial charge in [-0.3, -0.25) is 10.1 Å². The van der Waals surface area contributed by atoms with Crippen molar-refractivity contribution in [2.24, 2.45) is 5.41 Å². The summed E-state index contributed by atoms with van der Waals surface area (Å²) in [5.41, 5.74) is 0.709. The number of hydrogen-bond acceptors (Lipinski definition) is 7. The fourth-order valence-corrected chi connectivity index (χ4v) is 3.47. The number of phenolic OH excluding ortho intramolecular Hbond substituents is 1. The number of amides is 1. The second-order valence-electron chi connectivity index (χ2n) is 7.42. The van der Waals surface area contributed by atoms with Gasteiger partial charge in [-0.05, 0) is 71.5 Å². The van der Waals surface area contributed by atoms with E-state index < -0.39 is 23.6 Å². The first-order chi connectivity index (χ1) is 14.7. The smallest absolute Gasteiger partial charge is 0.412 e. The third-order valence-corrected chi connectivity index (χ3v) is 5.53. The molecule has 2 rings (SSSR count). The molecule has 31 heavy (non-hydrogen) atoms. The molecule has 0 unspecified atom stereocenters. The van der Waals surface area contributed by atoms with Crippen molar-refractivity contribution in [3.05, 3.63) is 57.2 Å². The molecular weight excluding hydrogens is 531 g/mol. The predicted molar refractivity (Wildman–Crippen MR) is 128 cm³/mol. The molecule has 7 nitrogen and oxygen atoms in total. The molecule has 2 aromatic rings. The summed E-state index contributed by atoms with van der Waals surface area (Å²) in [6.45, 7) is 3.84. The van der Waals surface area contributed by atoms with E-state index in [4.69, 9.17) is 14.7 Å². The SMILES string of the molecule is CC(C)(CCOC(=O)CS)[C@@H](OC(=O)Nc1ccc(C#N)cc1)c1cc(I)ccc1O. The summed E-state index contributed by atoms with van der Waals surface area (Å²) >= 11 is 6.00. The van der Waals surface area contributed by atoms with Crippen LogP contribution in [0.2, 0.25) is 0 Å². The Bertz CT molecular complexity index is 973. The maximum atomic E-state index is 12.6. The number of phenols is 1. The standard InChI is InChI=1S/C22H23IN2O5S/c1-22(2,9-10-29-19(27)13-31)20(17-11-15(23)5-8-18(17)26)30-21(28)25-16-6-3-14(12-24)4-7-16/h3-8,11,20,26,31H,9-10,13H2,1-2H3,(H,25,28)/t20-/m0/s1. The number of nitriles is 1. The number of esters is 1. The van der Waals surface area contributed by atoms with Crippen LogP contribution in [0.25, 0.3) is 0 Å². The Morgan fingerprint density at radius 1 is 1.26 bits per heavy atom. The number of anilines is 1. The molecule has 0 aliphatic carbocycles. The Balaban J connectivity index is 2.24. The van der Waals surface area contributed by atoms with Crippen LogP contribution in [0.1, 0.15) is 37.5 Å². The minimum atomic E-state index is -0.824. The van der Waals surface area contributed by atoms with Gasteiger partial charge < -0.3 is 14.6 Å². The molecule has 0 heterocycles. The van der Waals surface area contributed by atoms with Crippen LogP contribution >= 0.6 is 35.2 Å². The van der Waals surface area contributed by atoms with Gasteiger partial charge in [0.2, 0.25) is 0 Å². The number of ether oxygens (including phenoxy) is 2. The molecule has 0 saturated carbocycles. The highest BCUT2D eigenvalue weighted by atomic mass is 127. The van der Waals surface area contributed by atoms with Crippen LogP contribution in [0.3, 0.4) is 0 Å². The number of aromatic hydroxyl groups is 1. The number of benzene rings is 2. The quantitative estimate of drug-likeness (QED) is 0.240. The van der Waals surface area contributed by atoms with Crippen LogP contribution in [-0.4, -0.2) is 29.5 Å². The lowest BCUT2D eigenvalue weighted by Crippen LogP contribution is -2.30. The lowest BCUT2D eigenvalue weighted by Gasteiger charge is -2.34. The molecule has 0 aliphatic heterocycles. The molecule has 164 valence electrons. The van der Waals surface area contributed by atoms with Crippen molar-refractivity contribution < 1.29 is 24.2 Å². The van der Waals surface area contributed by atoms with Gasteiger partial charge >= 0.3 is 12.1 Å². The molecule has 0 aliphatic rings. The largest absolute Gasteiger partial charge is 0.508 e. The molecule has 0 saturated heterocycles. The van der Waals surface area contributed by atoms with E-state index in [0.717, 1.165) is 3.57 Å². The average molecular weight is 554 g/mol. The van der Waals surface area contributed by atoms with Crippen molar-refractivity contribution >= 4 is 53.0 Å². The molecule has 0 bridgehead atoms. The van der Waals surface area contributed by atoms with E-state index in [9.17, 15) is 14.7 Å². The molecule has 0 radical (unpaired) electrons. The summed E-state index contributed by atoms with van der Waals surface area (Å²) in [6, 6.07) is 13.4. The Hall–Kier alpha value is -2.45. The van der Waals surface area contributed by atoms with E-state index in [1.54, 1.807) is 42.5 Å². The molecule has 0 aromatic heterocycles. The lowest BCUT2D eigenvalue weighted by molar-refractivity contribution is -0.141. The van der Waals surface area contributed by atoms with Crippen LogP contribution in [0.4, 0.5) is 10.5 Å². The van der Waals surface area contributed by atoms with Crippen LogP contribution in [0.15, 0.2) is 42.5 Å². The van der Waals surface area contributed by atoms with Gasteiger partial charge in [-0.1, -0.05) is 13.8 Å². The summed E-state index contributed by atoms with van der Waals surface area (Å²) in [4.78, 5) is 24.1. The zero-order valence-corrected chi connectivity index (χ0v) is 20.1. The molecule has 0 fully saturated rings. The summed E-state index contributed by atoms with van der Waals surface area (Å²) in [5.74, 6) is -0.463. The first-order valence-electron chi connectivity index (χ1n) is 9.39. The predicted octanol–water partition coefficient (Wildman–Crippen LogP) is 5.05. The number of halogens is 1. The minimum Gasteiger partial charge on any atom is -0.508 e. The minimum absolute atomic E-state index is 0.00276. The summed E-state index contributed by atoms with van der Waals surface area (Å²) in [5, 5.41) is 22.0. The first kappa shape index (κ1) is 24.8. The number of hydrogen-bond donors (Lipinski definition) is 3. The van der Waals surface area contributed by atoms with E-state index >= 15 is 0 Å². The van der Waals surface area contributed by atoms with Crippen molar-refractivity contribution in [3.63, 3.8) is 0 Å². The van der Waals surface area contributed by atoms with Gasteiger partial charge in [-0.25, -0.2) is 4.79 Å². The molecule has 1 atom stereocenters. The number of rotatable bonds is 8. The van der Waals surface area contributed by atoms with Gasteiger partial charge in [0.25, 0.3) is 0 Å². The number of carbonyl (C=O) groups is 2. The van der Waals surface area contributed by atoms with Crippen molar-refractivity contribution in [2.45, 2.75) is 26.4 Å². The number of thiol groups is 1. The van der Waals surface area contributed by atoms with Crippen LogP contribution in [-0.2, 0) is 14.3 Å². The van der Waals surface area contributed by atoms with Crippen molar-refractivity contribution in [1.29, 1.82) is 5.26 Å². The van der Waals surface area contributed by atoms with Gasteiger partial charge in [0.05, 0.1) is 24.0 Å². The van der Waals surface area contributed by atoms with Gasteiger partial charge in [-0.15, -0.1) is 0 Å². The van der Waals surface area contributed by atoms with Crippen LogP contribution in [0, 0.1) is 20.3 Å². The first-order valence-corrected chi connectivity index (χ1v) is 11.1. The summed E-state index contributed by atoms with van der Waals surface area (Å²) in [7, 11) is 0. The van der Waals surface area contributed by atoms with E-state index in [2.05, 4.69) is 40.5 Å². The Labute approximate surface area is 200 Å². The Morgan fingerprint density at radius 2 is 1.94 bits per heavy atom. The van der Waals surface area contributed by atoms with E-state index in [1.807, 2.05) is 19.9 Å². The normalized spacial score (nSPS) is 11.8. The Kier molecular flexibility index (Phi) is 9.00. The fraction of sp³-hybridized carbons (Fsp3) is 0.318. The third-order valence-electron chi connectivity index (χ3n) is 4.61. The van der Waals surface area contributed by atoms with Crippen LogP contribution < -0.4 is 5.32 Å². The lowest BCUT2D eigenvalue weighted by atomic mass is 9.79. The molecule has 2 aromatic carbocycles. The number of nitrogens with one attached hydrogen (secondary N) is 1. The zero-order valence-electron chi connectivity index (χ0n) is 17.1. The molecule has 0 spiro atoms. The van der Waals surface area contributed by atoms with Gasteiger partial charge in [0.15, 0.2) is 0 Å². The third kappa shape index (κ3) is 7.33. The highest BCUT2D eigenvalue weighted by Gasteiger charge is 2.36. The molecule has 2 N–H and O–H groups in total. The monoisotopic (exact) mass is 554 g/mol. The second kappa shape index (κ2) is 11.2. The summed E-state index contributed by atoms with van der Waals surface area (Å²) < 4.78 is 11.7. The second-order valence-corrected chi connectivity index (χ2v) is 8.98.